The van der Waals surface area contributed by atoms with Crippen molar-refractivity contribution in [2.75, 3.05) is 18.6 Å². The van der Waals surface area contributed by atoms with Crippen LogP contribution in [0.25, 0.3) is 0 Å². The second-order valence-corrected chi connectivity index (χ2v) is 5.89. The zero-order valence-electron chi connectivity index (χ0n) is 11.5. The Bertz CT molecular complexity index is 377. The molecule has 0 aliphatic heterocycles. The Kier molecular flexibility index (Phi) is 6.88. The molecule has 0 saturated heterocycles. The van der Waals surface area contributed by atoms with Crippen molar-refractivity contribution in [1.82, 2.24) is 5.32 Å². The average Bonchev–Trinajstić information content (AvgIpc) is 2.34. The summed E-state index contributed by atoms with van der Waals surface area (Å²) in [7, 11) is 0. The summed E-state index contributed by atoms with van der Waals surface area (Å²) in [4.78, 5) is 11.9. The van der Waals surface area contributed by atoms with Crippen LogP contribution in [0.4, 0.5) is 0 Å². The van der Waals surface area contributed by atoms with E-state index in [1.807, 2.05) is 30.0 Å². The van der Waals surface area contributed by atoms with Crippen molar-refractivity contribution in [1.29, 1.82) is 0 Å². The first-order valence-electron chi connectivity index (χ1n) is 6.49. The Morgan fingerprint density at radius 3 is 2.83 bits per heavy atom. The summed E-state index contributed by atoms with van der Waals surface area (Å²) < 4.78 is 0. The molecular formula is C15H23NOS. The second-order valence-electron chi connectivity index (χ2n) is 4.90. The van der Waals surface area contributed by atoms with Gasteiger partial charge in [0, 0.05) is 12.1 Å². The number of nitrogens with one attached hydrogen (secondary N) is 1. The Hall–Kier alpha value is -0.960. The van der Waals surface area contributed by atoms with Crippen molar-refractivity contribution in [3.8, 4) is 0 Å². The third-order valence-corrected chi connectivity index (χ3v) is 3.34. The lowest BCUT2D eigenvalue weighted by molar-refractivity contribution is 0.0953. The van der Waals surface area contributed by atoms with Gasteiger partial charge < -0.3 is 5.32 Å². The van der Waals surface area contributed by atoms with E-state index in [1.54, 1.807) is 0 Å². The van der Waals surface area contributed by atoms with Crippen LogP contribution in [0.2, 0.25) is 0 Å². The summed E-state index contributed by atoms with van der Waals surface area (Å²) in [5, 5.41) is 2.96. The number of carbonyl (C=O) groups is 1. The van der Waals surface area contributed by atoms with Crippen LogP contribution in [0.15, 0.2) is 24.3 Å². The quantitative estimate of drug-likeness (QED) is 0.766. The van der Waals surface area contributed by atoms with Gasteiger partial charge in [0.05, 0.1) is 0 Å². The molecular weight excluding hydrogens is 242 g/mol. The highest BCUT2D eigenvalue weighted by molar-refractivity contribution is 7.98. The molecule has 0 saturated carbocycles. The van der Waals surface area contributed by atoms with Gasteiger partial charge in [-0.1, -0.05) is 26.0 Å². The summed E-state index contributed by atoms with van der Waals surface area (Å²) in [6.07, 6.45) is 4.13. The van der Waals surface area contributed by atoms with Crippen LogP contribution < -0.4 is 5.32 Å². The summed E-state index contributed by atoms with van der Waals surface area (Å²) in [6.45, 7) is 5.14. The highest BCUT2D eigenvalue weighted by Gasteiger charge is 2.06. The largest absolute Gasteiger partial charge is 0.352 e. The van der Waals surface area contributed by atoms with E-state index >= 15 is 0 Å². The van der Waals surface area contributed by atoms with Crippen molar-refractivity contribution < 1.29 is 4.79 Å². The molecule has 1 aromatic carbocycles. The molecule has 0 fully saturated rings. The smallest absolute Gasteiger partial charge is 0.251 e. The number of hydrogen-bond donors (Lipinski definition) is 1. The maximum atomic E-state index is 11.9. The van der Waals surface area contributed by atoms with Crippen molar-refractivity contribution in [2.45, 2.75) is 26.7 Å². The molecule has 1 N–H and O–H groups in total. The predicted octanol–water partition coefficient (Wildman–Crippen LogP) is 3.37. The minimum absolute atomic E-state index is 0.0432. The molecule has 0 heterocycles. The van der Waals surface area contributed by atoms with Gasteiger partial charge in [0.2, 0.25) is 0 Å². The van der Waals surface area contributed by atoms with Gasteiger partial charge in [0.25, 0.3) is 5.91 Å². The fourth-order valence-electron chi connectivity index (χ4n) is 1.83. The lowest BCUT2D eigenvalue weighted by Crippen LogP contribution is -2.24. The maximum Gasteiger partial charge on any atom is 0.251 e. The molecule has 0 atom stereocenters. The summed E-state index contributed by atoms with van der Waals surface area (Å²) >= 11 is 1.81. The van der Waals surface area contributed by atoms with Crippen LogP contribution in [-0.4, -0.2) is 24.5 Å². The van der Waals surface area contributed by atoms with E-state index in [-0.39, 0.29) is 5.91 Å². The Morgan fingerprint density at radius 2 is 2.17 bits per heavy atom. The number of hydrogen-bond acceptors (Lipinski definition) is 2. The third kappa shape index (κ3) is 5.58. The van der Waals surface area contributed by atoms with Gasteiger partial charge in [0.15, 0.2) is 0 Å². The highest BCUT2D eigenvalue weighted by Crippen LogP contribution is 2.10. The predicted molar refractivity (Wildman–Crippen MR) is 80.3 cm³/mol. The van der Waals surface area contributed by atoms with E-state index in [9.17, 15) is 4.79 Å². The van der Waals surface area contributed by atoms with Crippen LogP contribution in [-0.2, 0) is 6.42 Å². The van der Waals surface area contributed by atoms with E-state index < -0.39 is 0 Å². The Labute approximate surface area is 115 Å². The first-order chi connectivity index (χ1) is 8.63. The number of carbonyl (C=O) groups excluding carboxylic acids is 1. The molecule has 0 bridgehead atoms. The average molecular weight is 265 g/mol. The molecule has 0 unspecified atom stereocenters. The Balaban J connectivity index is 2.51. The van der Waals surface area contributed by atoms with Crippen LogP contribution >= 0.6 is 11.8 Å². The van der Waals surface area contributed by atoms with E-state index in [0.717, 1.165) is 30.7 Å². The molecule has 18 heavy (non-hydrogen) atoms. The lowest BCUT2D eigenvalue weighted by Gasteiger charge is -2.08. The molecule has 100 valence electrons. The molecule has 1 rings (SSSR count). The molecule has 0 radical (unpaired) electrons. The topological polar surface area (TPSA) is 29.1 Å². The van der Waals surface area contributed by atoms with Gasteiger partial charge in [-0.3, -0.25) is 4.79 Å². The molecule has 0 aliphatic rings. The van der Waals surface area contributed by atoms with Gasteiger partial charge in [-0.15, -0.1) is 0 Å². The van der Waals surface area contributed by atoms with Gasteiger partial charge in [-0.05, 0) is 48.5 Å². The fraction of sp³-hybridized carbons (Fsp3) is 0.533. The van der Waals surface area contributed by atoms with Crippen LogP contribution in [0, 0.1) is 5.92 Å². The van der Waals surface area contributed by atoms with E-state index in [0.29, 0.717) is 5.92 Å². The fourth-order valence-corrected chi connectivity index (χ4v) is 2.26. The monoisotopic (exact) mass is 265 g/mol. The van der Waals surface area contributed by atoms with Gasteiger partial charge in [-0.25, -0.2) is 0 Å². The van der Waals surface area contributed by atoms with E-state index in [1.165, 1.54) is 5.56 Å². The van der Waals surface area contributed by atoms with Crippen LogP contribution in [0.1, 0.15) is 36.2 Å². The number of rotatable bonds is 7. The molecule has 0 aromatic heterocycles. The van der Waals surface area contributed by atoms with Crippen molar-refractivity contribution in [3.63, 3.8) is 0 Å². The van der Waals surface area contributed by atoms with Crippen LogP contribution in [0.3, 0.4) is 0 Å². The molecule has 1 aromatic rings. The van der Waals surface area contributed by atoms with Gasteiger partial charge >= 0.3 is 0 Å². The molecule has 0 spiro atoms. The number of amides is 1. The minimum atomic E-state index is 0.0432. The van der Waals surface area contributed by atoms with E-state index in [2.05, 4.69) is 31.5 Å². The van der Waals surface area contributed by atoms with Crippen molar-refractivity contribution in [2.24, 2.45) is 5.92 Å². The van der Waals surface area contributed by atoms with Crippen molar-refractivity contribution >= 4 is 17.7 Å². The third-order valence-electron chi connectivity index (χ3n) is 2.64. The Morgan fingerprint density at radius 1 is 1.39 bits per heavy atom. The normalized spacial score (nSPS) is 10.7. The molecule has 0 aliphatic carbocycles. The van der Waals surface area contributed by atoms with Gasteiger partial charge in [-0.2, -0.15) is 11.8 Å². The zero-order chi connectivity index (χ0) is 13.4. The standard InChI is InChI=1S/C15H23NOS/c1-12(2)10-13-6-4-7-14(11-13)15(17)16-8-5-9-18-3/h4,6-7,11-12H,5,8-10H2,1-3H3,(H,16,17). The molecule has 2 nitrogen and oxygen atoms in total. The van der Waals surface area contributed by atoms with Crippen LogP contribution in [0.5, 0.6) is 0 Å². The maximum absolute atomic E-state index is 11.9. The van der Waals surface area contributed by atoms with Gasteiger partial charge in [0.1, 0.15) is 0 Å². The SMILES string of the molecule is CSCCCNC(=O)c1cccc(CC(C)C)c1. The first-order valence-corrected chi connectivity index (χ1v) is 7.89. The summed E-state index contributed by atoms with van der Waals surface area (Å²) in [5.41, 5.74) is 2.01. The summed E-state index contributed by atoms with van der Waals surface area (Å²) in [5.74, 6) is 1.75. The lowest BCUT2D eigenvalue weighted by atomic mass is 10.0. The molecule has 3 heteroatoms. The molecule has 1 amide bonds. The number of thioether (sulfide) groups is 1. The number of benzene rings is 1. The van der Waals surface area contributed by atoms with Crippen molar-refractivity contribution in [3.05, 3.63) is 35.4 Å². The minimum Gasteiger partial charge on any atom is -0.352 e. The zero-order valence-corrected chi connectivity index (χ0v) is 12.3. The summed E-state index contributed by atoms with van der Waals surface area (Å²) in [6, 6.07) is 7.94. The van der Waals surface area contributed by atoms with E-state index in [4.69, 9.17) is 0 Å². The second kappa shape index (κ2) is 8.20. The first kappa shape index (κ1) is 15.1. The highest BCUT2D eigenvalue weighted by atomic mass is 32.2.